The predicted octanol–water partition coefficient (Wildman–Crippen LogP) is 1.99. The molecule has 100 valence electrons. The summed E-state index contributed by atoms with van der Waals surface area (Å²) >= 11 is 5.90. The van der Waals surface area contributed by atoms with E-state index < -0.39 is 10.0 Å². The minimum absolute atomic E-state index is 0.0791. The second-order valence-corrected chi connectivity index (χ2v) is 5.83. The molecule has 0 unspecified atom stereocenters. The fourth-order valence-electron chi connectivity index (χ4n) is 1.43. The molecule has 0 amide bonds. The molecule has 0 spiro atoms. The zero-order valence-corrected chi connectivity index (χ0v) is 11.4. The lowest BCUT2D eigenvalue weighted by Gasteiger charge is -2.08. The number of nitrogens with one attached hydrogen (secondary N) is 1. The van der Waals surface area contributed by atoms with Crippen molar-refractivity contribution in [3.05, 3.63) is 53.2 Å². The van der Waals surface area contributed by atoms with Crippen molar-refractivity contribution in [1.82, 2.24) is 4.98 Å². The van der Waals surface area contributed by atoms with Crippen LogP contribution in [0.4, 0.5) is 5.69 Å². The Morgan fingerprint density at radius 3 is 2.53 bits per heavy atom. The van der Waals surface area contributed by atoms with E-state index in [-0.39, 0.29) is 5.03 Å². The van der Waals surface area contributed by atoms with Crippen LogP contribution < -0.4 is 10.5 Å². The fraction of sp³-hybridized carbons (Fsp3) is 0.0833. The molecule has 2 aromatic rings. The van der Waals surface area contributed by atoms with Crippen molar-refractivity contribution >= 4 is 27.3 Å². The van der Waals surface area contributed by atoms with Crippen molar-refractivity contribution < 1.29 is 8.42 Å². The highest BCUT2D eigenvalue weighted by molar-refractivity contribution is 7.92. The normalized spacial score (nSPS) is 11.3. The van der Waals surface area contributed by atoms with Crippen molar-refractivity contribution in [2.24, 2.45) is 5.73 Å². The summed E-state index contributed by atoms with van der Waals surface area (Å²) in [6.07, 6.45) is 1.43. The Kier molecular flexibility index (Phi) is 4.04. The highest BCUT2D eigenvalue weighted by Gasteiger charge is 2.16. The molecule has 0 fully saturated rings. The summed E-state index contributed by atoms with van der Waals surface area (Å²) in [5.74, 6) is 0. The van der Waals surface area contributed by atoms with Gasteiger partial charge in [-0.2, -0.15) is 8.42 Å². The fourth-order valence-corrected chi connectivity index (χ4v) is 2.68. The highest BCUT2D eigenvalue weighted by atomic mass is 35.5. The third-order valence-corrected chi connectivity index (χ3v) is 4.04. The maximum Gasteiger partial charge on any atom is 0.279 e. The van der Waals surface area contributed by atoms with Gasteiger partial charge in [0.15, 0.2) is 5.03 Å². The third-order valence-electron chi connectivity index (χ3n) is 2.43. The minimum atomic E-state index is -3.75. The summed E-state index contributed by atoms with van der Waals surface area (Å²) in [7, 11) is -3.75. The predicted molar refractivity (Wildman–Crippen MR) is 74.4 cm³/mol. The van der Waals surface area contributed by atoms with Gasteiger partial charge < -0.3 is 5.73 Å². The van der Waals surface area contributed by atoms with Crippen molar-refractivity contribution in [3.63, 3.8) is 0 Å². The van der Waals surface area contributed by atoms with E-state index in [0.29, 0.717) is 17.3 Å². The van der Waals surface area contributed by atoms with Crippen LogP contribution in [0, 0.1) is 0 Å². The number of para-hydroxylation sites is 1. The first-order chi connectivity index (χ1) is 9.03. The second kappa shape index (κ2) is 5.56. The second-order valence-electron chi connectivity index (χ2n) is 3.79. The molecule has 0 radical (unpaired) electrons. The first-order valence-electron chi connectivity index (χ1n) is 5.45. The van der Waals surface area contributed by atoms with Crippen LogP contribution in [-0.2, 0) is 16.6 Å². The molecule has 1 aromatic carbocycles. The van der Waals surface area contributed by atoms with Gasteiger partial charge in [-0.1, -0.05) is 29.8 Å². The average Bonchev–Trinajstić information content (AvgIpc) is 2.41. The number of hydrogen-bond acceptors (Lipinski definition) is 4. The number of benzene rings is 1. The molecule has 19 heavy (non-hydrogen) atoms. The molecule has 0 aliphatic heterocycles. The monoisotopic (exact) mass is 297 g/mol. The molecule has 3 N–H and O–H groups in total. The number of nitrogens with zero attached hydrogens (tertiary/aromatic N) is 1. The van der Waals surface area contributed by atoms with Gasteiger partial charge in [-0.05, 0) is 23.8 Å². The van der Waals surface area contributed by atoms with Gasteiger partial charge in [-0.25, -0.2) is 4.98 Å². The van der Waals surface area contributed by atoms with E-state index in [1.807, 2.05) is 0 Å². The zero-order chi connectivity index (χ0) is 13.9. The van der Waals surface area contributed by atoms with Crippen LogP contribution in [0.15, 0.2) is 47.6 Å². The summed E-state index contributed by atoms with van der Waals surface area (Å²) in [4.78, 5) is 3.87. The van der Waals surface area contributed by atoms with Crippen LogP contribution in [0.3, 0.4) is 0 Å². The lowest BCUT2D eigenvalue weighted by atomic mass is 10.3. The minimum Gasteiger partial charge on any atom is -0.326 e. The first kappa shape index (κ1) is 13.8. The summed E-state index contributed by atoms with van der Waals surface area (Å²) in [5, 5.41) is 0.245. The number of aromatic nitrogens is 1. The van der Waals surface area contributed by atoms with E-state index in [2.05, 4.69) is 9.71 Å². The molecule has 1 aromatic heterocycles. The number of anilines is 1. The van der Waals surface area contributed by atoms with Crippen molar-refractivity contribution in [1.29, 1.82) is 0 Å². The van der Waals surface area contributed by atoms with E-state index in [9.17, 15) is 8.42 Å². The average molecular weight is 298 g/mol. The molecule has 2 rings (SSSR count). The van der Waals surface area contributed by atoms with Gasteiger partial charge >= 0.3 is 0 Å². The van der Waals surface area contributed by atoms with E-state index in [1.54, 1.807) is 30.3 Å². The first-order valence-corrected chi connectivity index (χ1v) is 7.31. The summed E-state index contributed by atoms with van der Waals surface area (Å²) in [6, 6.07) is 9.61. The molecule has 7 heteroatoms. The molecule has 0 atom stereocenters. The molecule has 0 saturated carbocycles. The quantitative estimate of drug-likeness (QED) is 0.904. The van der Waals surface area contributed by atoms with Crippen molar-refractivity contribution in [3.8, 4) is 0 Å². The number of halogens is 1. The van der Waals surface area contributed by atoms with Crippen molar-refractivity contribution in [2.45, 2.75) is 11.6 Å². The van der Waals surface area contributed by atoms with E-state index in [4.69, 9.17) is 17.3 Å². The Morgan fingerprint density at radius 2 is 1.95 bits per heavy atom. The van der Waals surface area contributed by atoms with Gasteiger partial charge in [0.2, 0.25) is 0 Å². The van der Waals surface area contributed by atoms with Gasteiger partial charge in [0.25, 0.3) is 10.0 Å². The van der Waals surface area contributed by atoms with E-state index in [0.717, 1.165) is 5.56 Å². The molecule has 0 saturated heterocycles. The Bertz CT molecular complexity index is 672. The maximum absolute atomic E-state index is 12.1. The molecule has 1 heterocycles. The van der Waals surface area contributed by atoms with Gasteiger partial charge in [0.1, 0.15) is 0 Å². The van der Waals surface area contributed by atoms with Crippen LogP contribution in [0.1, 0.15) is 5.56 Å². The number of rotatable bonds is 4. The molecular weight excluding hydrogens is 286 g/mol. The van der Waals surface area contributed by atoms with Gasteiger partial charge in [-0.15, -0.1) is 0 Å². The summed E-state index contributed by atoms with van der Waals surface area (Å²) < 4.78 is 26.6. The lowest BCUT2D eigenvalue weighted by Crippen LogP contribution is -2.15. The molecule has 0 aliphatic carbocycles. The highest BCUT2D eigenvalue weighted by Crippen LogP contribution is 2.23. The van der Waals surface area contributed by atoms with Gasteiger partial charge in [-0.3, -0.25) is 4.72 Å². The zero-order valence-electron chi connectivity index (χ0n) is 9.88. The van der Waals surface area contributed by atoms with Gasteiger partial charge in [0.05, 0.1) is 10.7 Å². The lowest BCUT2D eigenvalue weighted by molar-refractivity contribution is 0.597. The molecule has 0 bridgehead atoms. The maximum atomic E-state index is 12.1. The summed E-state index contributed by atoms with van der Waals surface area (Å²) in [5.41, 5.74) is 6.50. The smallest absolute Gasteiger partial charge is 0.279 e. The van der Waals surface area contributed by atoms with Crippen molar-refractivity contribution in [2.75, 3.05) is 4.72 Å². The topological polar surface area (TPSA) is 85.1 Å². The van der Waals surface area contributed by atoms with Crippen LogP contribution in [0.5, 0.6) is 0 Å². The molecular formula is C12H12ClN3O2S. The number of pyridine rings is 1. The number of hydrogen-bond donors (Lipinski definition) is 2. The van der Waals surface area contributed by atoms with E-state index >= 15 is 0 Å². The van der Waals surface area contributed by atoms with Gasteiger partial charge in [0, 0.05) is 12.7 Å². The Hall–Kier alpha value is -1.63. The standard InChI is InChI=1S/C12H12ClN3O2S/c13-10-3-1-2-4-11(10)16-19(17,18)12-6-5-9(7-14)8-15-12/h1-6,8,16H,7,14H2. The van der Waals surface area contributed by atoms with Crippen LogP contribution >= 0.6 is 11.6 Å². The largest absolute Gasteiger partial charge is 0.326 e. The van der Waals surface area contributed by atoms with Crippen LogP contribution in [0.25, 0.3) is 0 Å². The third kappa shape index (κ3) is 3.23. The van der Waals surface area contributed by atoms with E-state index in [1.165, 1.54) is 12.3 Å². The molecule has 0 aliphatic rings. The Balaban J connectivity index is 2.30. The number of nitrogens with two attached hydrogens (primary N) is 1. The van der Waals surface area contributed by atoms with Crippen LogP contribution in [0.2, 0.25) is 5.02 Å². The summed E-state index contributed by atoms with van der Waals surface area (Å²) in [6.45, 7) is 0.311. The Morgan fingerprint density at radius 1 is 1.21 bits per heavy atom. The van der Waals surface area contributed by atoms with Crippen LogP contribution in [-0.4, -0.2) is 13.4 Å². The number of sulfonamides is 1. The SMILES string of the molecule is NCc1ccc(S(=O)(=O)Nc2ccccc2Cl)nc1. The molecule has 5 nitrogen and oxygen atoms in total. The Labute approximate surface area is 116 Å².